The summed E-state index contributed by atoms with van der Waals surface area (Å²) >= 11 is 11.9. The molecule has 1 aromatic heterocycles. The minimum atomic E-state index is -0.132. The van der Waals surface area contributed by atoms with Crippen LogP contribution in [0.4, 0.5) is 0 Å². The van der Waals surface area contributed by atoms with Gasteiger partial charge in [0.05, 0.1) is 23.0 Å². The van der Waals surface area contributed by atoms with E-state index in [1.807, 2.05) is 0 Å². The Balaban J connectivity index is 1.47. The number of allylic oxidation sites excluding steroid dienone is 4. The zero-order valence-electron chi connectivity index (χ0n) is 13.6. The third-order valence-corrected chi connectivity index (χ3v) is 5.11. The Labute approximate surface area is 156 Å². The Morgan fingerprint density at radius 1 is 1.24 bits per heavy atom. The largest absolute Gasteiger partial charge is 0.495 e. The lowest BCUT2D eigenvalue weighted by Gasteiger charge is -2.30. The molecule has 7 heteroatoms. The van der Waals surface area contributed by atoms with Crippen molar-refractivity contribution < 1.29 is 9.53 Å². The summed E-state index contributed by atoms with van der Waals surface area (Å²) in [7, 11) is 0. The molecular weight excluding hydrogens is 361 g/mol. The lowest BCUT2D eigenvalue weighted by molar-refractivity contribution is 0.0644. The molecule has 25 heavy (non-hydrogen) atoms. The molecule has 0 atom stereocenters. The predicted molar refractivity (Wildman–Crippen MR) is 96.2 cm³/mol. The van der Waals surface area contributed by atoms with E-state index in [4.69, 9.17) is 33.2 Å². The van der Waals surface area contributed by atoms with Gasteiger partial charge in [0.15, 0.2) is 0 Å². The van der Waals surface area contributed by atoms with Crippen molar-refractivity contribution in [3.05, 3.63) is 45.4 Å². The van der Waals surface area contributed by atoms with Gasteiger partial charge in [-0.1, -0.05) is 23.2 Å². The summed E-state index contributed by atoms with van der Waals surface area (Å²) in [5, 5.41) is 12.9. The van der Waals surface area contributed by atoms with E-state index < -0.39 is 0 Å². The number of rotatable bonds is 4. The first-order chi connectivity index (χ1) is 12.0. The molecule has 1 aromatic rings. The van der Waals surface area contributed by atoms with Crippen LogP contribution in [0.25, 0.3) is 0 Å². The van der Waals surface area contributed by atoms with Crippen LogP contribution in [0.3, 0.4) is 0 Å². The van der Waals surface area contributed by atoms with Crippen molar-refractivity contribution in [2.45, 2.75) is 50.7 Å². The molecule has 0 aromatic carbocycles. The molecule has 0 unspecified atom stereocenters. The van der Waals surface area contributed by atoms with Crippen molar-refractivity contribution in [3.63, 3.8) is 0 Å². The van der Waals surface area contributed by atoms with E-state index in [0.717, 1.165) is 31.4 Å². The molecule has 2 aliphatic rings. The Hall–Kier alpha value is -1.90. The average Bonchev–Trinajstić information content (AvgIpc) is 3.03. The van der Waals surface area contributed by atoms with E-state index in [2.05, 4.69) is 16.4 Å². The number of halogens is 2. The normalized spacial score (nSPS) is 23.6. The molecule has 1 heterocycles. The second kappa shape index (κ2) is 7.99. The van der Waals surface area contributed by atoms with Crippen LogP contribution >= 0.6 is 23.2 Å². The second-order valence-corrected chi connectivity index (χ2v) is 7.15. The third-order valence-electron chi connectivity index (χ3n) is 4.55. The number of carbonyl (C=O) groups is 1. The van der Waals surface area contributed by atoms with Crippen molar-refractivity contribution in [2.24, 2.45) is 0 Å². The molecule has 0 bridgehead atoms. The average molecular weight is 380 g/mol. The number of nitrogens with one attached hydrogen (secondary N) is 2. The van der Waals surface area contributed by atoms with Gasteiger partial charge in [-0.3, -0.25) is 4.79 Å². The summed E-state index contributed by atoms with van der Waals surface area (Å²) in [6.45, 7) is 0. The smallest absolute Gasteiger partial charge is 0.267 e. The first-order valence-corrected chi connectivity index (χ1v) is 9.12. The Morgan fingerprint density at radius 3 is 2.60 bits per heavy atom. The quantitative estimate of drug-likeness (QED) is 0.812. The number of nitriles is 1. The summed E-state index contributed by atoms with van der Waals surface area (Å²) in [4.78, 5) is 15.0. The molecule has 0 aliphatic heterocycles. The maximum absolute atomic E-state index is 12.1. The van der Waals surface area contributed by atoms with Crippen LogP contribution in [0, 0.1) is 11.3 Å². The first-order valence-electron chi connectivity index (χ1n) is 8.36. The molecule has 5 nitrogen and oxygen atoms in total. The highest BCUT2D eigenvalue weighted by Gasteiger charge is 2.25. The van der Waals surface area contributed by atoms with Gasteiger partial charge in [-0.15, -0.1) is 0 Å². The fourth-order valence-corrected chi connectivity index (χ4v) is 3.60. The van der Waals surface area contributed by atoms with E-state index in [1.165, 1.54) is 0 Å². The summed E-state index contributed by atoms with van der Waals surface area (Å²) in [5.41, 5.74) is 1.09. The molecule has 3 rings (SSSR count). The lowest BCUT2D eigenvalue weighted by Crippen LogP contribution is -2.39. The van der Waals surface area contributed by atoms with Crippen molar-refractivity contribution in [1.82, 2.24) is 10.3 Å². The van der Waals surface area contributed by atoms with Gasteiger partial charge in [-0.25, -0.2) is 0 Å². The molecule has 0 spiro atoms. The van der Waals surface area contributed by atoms with Gasteiger partial charge >= 0.3 is 0 Å². The van der Waals surface area contributed by atoms with Gasteiger partial charge in [0, 0.05) is 18.0 Å². The standard InChI is InChI=1S/C18H19Cl2N3O2/c19-15-9-14(4-1-11(15)10-21)25-13-5-2-12(3-6-13)22-18(24)16-7-8-17(20)23-16/h7-9,12-13,23H,1-6H2,(H,22,24). The molecule has 2 N–H and O–H groups in total. The minimum absolute atomic E-state index is 0.132. The maximum Gasteiger partial charge on any atom is 0.267 e. The van der Waals surface area contributed by atoms with Crippen LogP contribution in [-0.2, 0) is 4.74 Å². The van der Waals surface area contributed by atoms with Gasteiger partial charge in [0.25, 0.3) is 5.91 Å². The fraction of sp³-hybridized carbons (Fsp3) is 0.444. The van der Waals surface area contributed by atoms with Gasteiger partial charge in [0.2, 0.25) is 0 Å². The first kappa shape index (κ1) is 17.9. The van der Waals surface area contributed by atoms with Crippen LogP contribution in [0.15, 0.2) is 34.6 Å². The van der Waals surface area contributed by atoms with Crippen LogP contribution < -0.4 is 5.32 Å². The predicted octanol–water partition coefficient (Wildman–Crippen LogP) is 4.42. The number of amides is 1. The molecule has 1 saturated carbocycles. The van der Waals surface area contributed by atoms with Crippen molar-refractivity contribution in [3.8, 4) is 6.07 Å². The summed E-state index contributed by atoms with van der Waals surface area (Å²) < 4.78 is 6.03. The summed E-state index contributed by atoms with van der Waals surface area (Å²) in [6.07, 6.45) is 6.71. The zero-order chi connectivity index (χ0) is 17.8. The number of hydrogen-bond acceptors (Lipinski definition) is 3. The molecule has 1 fully saturated rings. The van der Waals surface area contributed by atoms with Gasteiger partial charge in [-0.05, 0) is 50.3 Å². The molecule has 2 aliphatic carbocycles. The highest BCUT2D eigenvalue weighted by Crippen LogP contribution is 2.30. The van der Waals surface area contributed by atoms with Crippen molar-refractivity contribution in [2.75, 3.05) is 0 Å². The van der Waals surface area contributed by atoms with Gasteiger partial charge in [0.1, 0.15) is 10.8 Å². The van der Waals surface area contributed by atoms with Gasteiger partial charge in [-0.2, -0.15) is 5.26 Å². The Morgan fingerprint density at radius 2 is 2.00 bits per heavy atom. The summed E-state index contributed by atoms with van der Waals surface area (Å²) in [5.74, 6) is 0.713. The van der Waals surface area contributed by atoms with E-state index >= 15 is 0 Å². The third kappa shape index (κ3) is 4.59. The molecule has 132 valence electrons. The Kier molecular flexibility index (Phi) is 5.72. The van der Waals surface area contributed by atoms with Gasteiger partial charge < -0.3 is 15.0 Å². The van der Waals surface area contributed by atoms with E-state index in [0.29, 0.717) is 34.3 Å². The zero-order valence-corrected chi connectivity index (χ0v) is 15.2. The highest BCUT2D eigenvalue weighted by molar-refractivity contribution is 6.32. The number of carbonyl (C=O) groups excluding carboxylic acids is 1. The van der Waals surface area contributed by atoms with Crippen LogP contribution in [-0.4, -0.2) is 23.0 Å². The Bertz CT molecular complexity index is 753. The summed E-state index contributed by atoms with van der Waals surface area (Å²) in [6, 6.07) is 5.59. The number of H-pyrrole nitrogens is 1. The second-order valence-electron chi connectivity index (χ2n) is 6.33. The van der Waals surface area contributed by atoms with Crippen molar-refractivity contribution in [1.29, 1.82) is 5.26 Å². The fourth-order valence-electron chi connectivity index (χ4n) is 3.17. The minimum Gasteiger partial charge on any atom is -0.495 e. The number of hydrogen-bond donors (Lipinski definition) is 2. The lowest BCUT2D eigenvalue weighted by atomic mass is 9.92. The molecule has 0 saturated heterocycles. The van der Waals surface area contributed by atoms with Crippen LogP contribution in [0.5, 0.6) is 0 Å². The number of ether oxygens (including phenoxy) is 1. The topological polar surface area (TPSA) is 77.9 Å². The number of nitrogens with zero attached hydrogens (tertiary/aromatic N) is 1. The number of aromatic amines is 1. The van der Waals surface area contributed by atoms with Crippen LogP contribution in [0.2, 0.25) is 5.15 Å². The molecule has 1 amide bonds. The SMILES string of the molecule is N#CC1=C(Cl)C=C(OC2CCC(NC(=O)c3ccc(Cl)[nH]3)CC2)CC1. The van der Waals surface area contributed by atoms with Crippen LogP contribution in [0.1, 0.15) is 49.0 Å². The molecule has 0 radical (unpaired) electrons. The van der Waals surface area contributed by atoms with E-state index in [-0.39, 0.29) is 18.1 Å². The monoisotopic (exact) mass is 379 g/mol. The van der Waals surface area contributed by atoms with Crippen molar-refractivity contribution >= 4 is 29.1 Å². The number of aromatic nitrogens is 1. The molecular formula is C18H19Cl2N3O2. The van der Waals surface area contributed by atoms with E-state index in [1.54, 1.807) is 18.2 Å². The maximum atomic E-state index is 12.1. The van der Waals surface area contributed by atoms with E-state index in [9.17, 15) is 4.79 Å². The highest BCUT2D eigenvalue weighted by atomic mass is 35.5.